The van der Waals surface area contributed by atoms with E-state index in [1.165, 1.54) is 0 Å². The van der Waals surface area contributed by atoms with Gasteiger partial charge in [-0.15, -0.1) is 0 Å². The lowest BCUT2D eigenvalue weighted by atomic mass is 9.95. The number of benzene rings is 1. The van der Waals surface area contributed by atoms with E-state index in [0.717, 1.165) is 5.56 Å². The monoisotopic (exact) mass is 254 g/mol. The lowest BCUT2D eigenvalue weighted by Crippen LogP contribution is -2.52. The highest BCUT2D eigenvalue weighted by Gasteiger charge is 2.36. The van der Waals surface area contributed by atoms with Crippen molar-refractivity contribution >= 4 is 0 Å². The maximum Gasteiger partial charge on any atom is 0.115 e. The maximum absolute atomic E-state index is 9.76. The summed E-state index contributed by atoms with van der Waals surface area (Å²) in [6.07, 6.45) is -2.49. The molecule has 4 N–H and O–H groups in total. The zero-order chi connectivity index (χ0) is 13.1. The number of ether oxygens (including phenoxy) is 1. The van der Waals surface area contributed by atoms with Gasteiger partial charge in [0.05, 0.1) is 12.7 Å². The van der Waals surface area contributed by atoms with Crippen molar-refractivity contribution in [3.63, 3.8) is 0 Å². The van der Waals surface area contributed by atoms with Gasteiger partial charge in [0.2, 0.25) is 0 Å². The normalized spacial score (nSPS) is 32.4. The summed E-state index contributed by atoms with van der Waals surface area (Å²) in [4.78, 5) is 0. The van der Waals surface area contributed by atoms with Crippen molar-refractivity contribution in [2.24, 2.45) is 0 Å². The zero-order valence-corrected chi connectivity index (χ0v) is 9.94. The predicted octanol–water partition coefficient (Wildman–Crippen LogP) is -0.194. The molecule has 0 amide bonds. The van der Waals surface area contributed by atoms with Crippen molar-refractivity contribution < 1.29 is 25.2 Å². The van der Waals surface area contributed by atoms with Crippen molar-refractivity contribution in [3.8, 4) is 5.75 Å². The molecule has 0 radical (unpaired) electrons. The van der Waals surface area contributed by atoms with Gasteiger partial charge in [-0.25, -0.2) is 0 Å². The molecule has 0 unspecified atom stereocenters. The van der Waals surface area contributed by atoms with Crippen LogP contribution in [0.3, 0.4) is 0 Å². The SMILES string of the molecule is Oc1ccc(CC[C@H]2OC[C@H](O)[C@@H](O)[C@@H]2O)cc1. The summed E-state index contributed by atoms with van der Waals surface area (Å²) in [7, 11) is 0. The predicted molar refractivity (Wildman–Crippen MR) is 64.2 cm³/mol. The molecule has 0 aromatic heterocycles. The molecule has 1 aliphatic heterocycles. The fourth-order valence-electron chi connectivity index (χ4n) is 2.09. The van der Waals surface area contributed by atoms with Crippen molar-refractivity contribution in [2.75, 3.05) is 6.61 Å². The standard InChI is InChI=1S/C13H18O5/c14-9-4-1-8(2-5-9)3-6-11-13(17)12(16)10(15)7-18-11/h1-2,4-5,10-17H,3,6-7H2/t10-,11+,12+,13+/m0/s1. The molecule has 0 saturated carbocycles. The summed E-state index contributed by atoms with van der Waals surface area (Å²) in [6, 6.07) is 6.81. The first-order valence-corrected chi connectivity index (χ1v) is 6.01. The van der Waals surface area contributed by atoms with Gasteiger partial charge in [0.1, 0.15) is 24.1 Å². The molecule has 0 spiro atoms. The molecular weight excluding hydrogens is 236 g/mol. The van der Waals surface area contributed by atoms with Gasteiger partial charge >= 0.3 is 0 Å². The Morgan fingerprint density at radius 1 is 1.06 bits per heavy atom. The van der Waals surface area contributed by atoms with E-state index in [2.05, 4.69) is 0 Å². The quantitative estimate of drug-likeness (QED) is 0.600. The van der Waals surface area contributed by atoms with Crippen LogP contribution in [-0.2, 0) is 11.2 Å². The van der Waals surface area contributed by atoms with Crippen LogP contribution >= 0.6 is 0 Å². The minimum Gasteiger partial charge on any atom is -0.508 e. The van der Waals surface area contributed by atoms with Gasteiger partial charge in [-0.1, -0.05) is 12.1 Å². The lowest BCUT2D eigenvalue weighted by molar-refractivity contribution is -0.188. The van der Waals surface area contributed by atoms with Gasteiger partial charge < -0.3 is 25.2 Å². The van der Waals surface area contributed by atoms with E-state index < -0.39 is 24.4 Å². The first-order valence-electron chi connectivity index (χ1n) is 6.01. The molecule has 1 aromatic rings. The average molecular weight is 254 g/mol. The van der Waals surface area contributed by atoms with Crippen molar-refractivity contribution in [1.82, 2.24) is 0 Å². The Balaban J connectivity index is 1.88. The van der Waals surface area contributed by atoms with E-state index in [4.69, 9.17) is 9.84 Å². The molecule has 2 rings (SSSR count). The first kappa shape index (κ1) is 13.3. The fourth-order valence-corrected chi connectivity index (χ4v) is 2.09. The van der Waals surface area contributed by atoms with Gasteiger partial charge in [-0.3, -0.25) is 0 Å². The zero-order valence-electron chi connectivity index (χ0n) is 9.94. The average Bonchev–Trinajstić information content (AvgIpc) is 2.37. The fraction of sp³-hybridized carbons (Fsp3) is 0.538. The molecule has 1 fully saturated rings. The van der Waals surface area contributed by atoms with Crippen LogP contribution in [-0.4, -0.2) is 51.4 Å². The number of aliphatic hydroxyl groups excluding tert-OH is 3. The number of aryl methyl sites for hydroxylation is 1. The Kier molecular flexibility index (Phi) is 4.19. The summed E-state index contributed by atoms with van der Waals surface area (Å²) in [5, 5.41) is 37.8. The van der Waals surface area contributed by atoms with Crippen molar-refractivity contribution in [2.45, 2.75) is 37.3 Å². The Morgan fingerprint density at radius 2 is 1.72 bits per heavy atom. The Hall–Kier alpha value is -1.14. The highest BCUT2D eigenvalue weighted by Crippen LogP contribution is 2.20. The van der Waals surface area contributed by atoms with Crippen LogP contribution in [0, 0.1) is 0 Å². The van der Waals surface area contributed by atoms with Crippen LogP contribution in [0.1, 0.15) is 12.0 Å². The van der Waals surface area contributed by atoms with Crippen LogP contribution in [0.15, 0.2) is 24.3 Å². The lowest BCUT2D eigenvalue weighted by Gasteiger charge is -2.35. The summed E-state index contributed by atoms with van der Waals surface area (Å²) in [5.41, 5.74) is 1.02. The van der Waals surface area contributed by atoms with E-state index >= 15 is 0 Å². The van der Waals surface area contributed by atoms with Gasteiger partial charge in [-0.05, 0) is 30.5 Å². The van der Waals surface area contributed by atoms with E-state index in [-0.39, 0.29) is 12.4 Å². The van der Waals surface area contributed by atoms with Crippen LogP contribution in [0.2, 0.25) is 0 Å². The number of phenols is 1. The molecule has 0 bridgehead atoms. The minimum absolute atomic E-state index is 0.0401. The number of phenolic OH excluding ortho intramolecular Hbond substituents is 1. The van der Waals surface area contributed by atoms with Gasteiger partial charge in [0.25, 0.3) is 0 Å². The Labute approximate surface area is 105 Å². The molecule has 18 heavy (non-hydrogen) atoms. The molecule has 0 aliphatic carbocycles. The van der Waals surface area contributed by atoms with E-state index in [1.807, 2.05) is 0 Å². The Morgan fingerprint density at radius 3 is 2.39 bits per heavy atom. The van der Waals surface area contributed by atoms with E-state index in [0.29, 0.717) is 12.8 Å². The molecule has 4 atom stereocenters. The molecule has 1 aromatic carbocycles. The third kappa shape index (κ3) is 3.00. The first-order chi connectivity index (χ1) is 8.58. The van der Waals surface area contributed by atoms with E-state index in [9.17, 15) is 15.3 Å². The summed E-state index contributed by atoms with van der Waals surface area (Å²) in [6.45, 7) is 0.0401. The molecule has 1 saturated heterocycles. The highest BCUT2D eigenvalue weighted by atomic mass is 16.5. The van der Waals surface area contributed by atoms with Crippen LogP contribution in [0.4, 0.5) is 0 Å². The topological polar surface area (TPSA) is 90.2 Å². The summed E-state index contributed by atoms with van der Waals surface area (Å²) in [5.74, 6) is 0.214. The third-order valence-electron chi connectivity index (χ3n) is 3.26. The second-order valence-corrected chi connectivity index (χ2v) is 4.63. The second-order valence-electron chi connectivity index (χ2n) is 4.63. The minimum atomic E-state index is -1.15. The number of aliphatic hydroxyl groups is 3. The van der Waals surface area contributed by atoms with E-state index in [1.54, 1.807) is 24.3 Å². The third-order valence-corrected chi connectivity index (χ3v) is 3.26. The van der Waals surface area contributed by atoms with Gasteiger partial charge in [-0.2, -0.15) is 0 Å². The number of hydrogen-bond donors (Lipinski definition) is 4. The van der Waals surface area contributed by atoms with Gasteiger partial charge in [0, 0.05) is 0 Å². The van der Waals surface area contributed by atoms with Crippen molar-refractivity contribution in [1.29, 1.82) is 0 Å². The number of aromatic hydroxyl groups is 1. The highest BCUT2D eigenvalue weighted by molar-refractivity contribution is 5.25. The maximum atomic E-state index is 9.76. The summed E-state index contributed by atoms with van der Waals surface area (Å²) < 4.78 is 5.31. The molecule has 1 heterocycles. The second kappa shape index (κ2) is 5.67. The van der Waals surface area contributed by atoms with Crippen LogP contribution in [0.25, 0.3) is 0 Å². The van der Waals surface area contributed by atoms with Gasteiger partial charge in [0.15, 0.2) is 0 Å². The smallest absolute Gasteiger partial charge is 0.115 e. The van der Waals surface area contributed by atoms with Crippen LogP contribution < -0.4 is 0 Å². The molecule has 1 aliphatic rings. The largest absolute Gasteiger partial charge is 0.508 e. The summed E-state index contributed by atoms with van der Waals surface area (Å²) >= 11 is 0. The molecular formula is C13H18O5. The number of rotatable bonds is 3. The molecule has 5 heteroatoms. The molecule has 5 nitrogen and oxygen atoms in total. The Bertz CT molecular complexity index is 377. The molecule has 100 valence electrons. The van der Waals surface area contributed by atoms with Crippen LogP contribution in [0.5, 0.6) is 5.75 Å². The number of hydrogen-bond acceptors (Lipinski definition) is 5. The van der Waals surface area contributed by atoms with Crippen molar-refractivity contribution in [3.05, 3.63) is 29.8 Å².